The third-order valence-electron chi connectivity index (χ3n) is 13.7. The molecule has 9 rings (SSSR count). The maximum absolute atomic E-state index is 14.1. The number of amides is 1. The second-order valence-electron chi connectivity index (χ2n) is 18.9. The number of ether oxygens (including phenoxy) is 3. The second-order valence-corrected chi connectivity index (χ2v) is 21.0. The minimum atomic E-state index is -4.67. The highest BCUT2D eigenvalue weighted by Crippen LogP contribution is 2.45. The highest BCUT2D eigenvalue weighted by Gasteiger charge is 2.39. The number of carbonyl (C=O) groups is 1. The number of benzene rings is 3. The van der Waals surface area contributed by atoms with Crippen LogP contribution in [0.5, 0.6) is 17.2 Å². The molecule has 3 N–H and O–H groups in total. The molecule has 66 heavy (non-hydrogen) atoms. The Bertz CT molecular complexity index is 2780. The van der Waals surface area contributed by atoms with Gasteiger partial charge < -0.3 is 29.4 Å². The zero-order valence-corrected chi connectivity index (χ0v) is 39.1. The summed E-state index contributed by atoms with van der Waals surface area (Å²) in [5, 5.41) is 17.2. The van der Waals surface area contributed by atoms with Crippen LogP contribution in [0.2, 0.25) is 5.02 Å². The topological polar surface area (TPSA) is 181 Å². The third kappa shape index (κ3) is 9.87. The van der Waals surface area contributed by atoms with Gasteiger partial charge in [-0.15, -0.1) is 0 Å². The Morgan fingerprint density at radius 3 is 2.53 bits per heavy atom. The maximum atomic E-state index is 14.1. The fourth-order valence-corrected chi connectivity index (χ4v) is 11.2. The molecule has 348 valence electrons. The first-order valence-corrected chi connectivity index (χ1v) is 24.6. The van der Waals surface area contributed by atoms with Crippen LogP contribution in [0, 0.1) is 15.5 Å². The number of hydrogen-bond acceptors (Lipinski definition) is 12. The van der Waals surface area contributed by atoms with Crippen molar-refractivity contribution in [1.82, 2.24) is 19.6 Å². The quantitative estimate of drug-likeness (QED) is 0.0752. The van der Waals surface area contributed by atoms with E-state index in [4.69, 9.17) is 25.8 Å². The van der Waals surface area contributed by atoms with Crippen LogP contribution >= 0.6 is 11.6 Å². The van der Waals surface area contributed by atoms with Crippen molar-refractivity contribution in [3.8, 4) is 17.2 Å². The average Bonchev–Trinajstić information content (AvgIpc) is 3.78. The summed E-state index contributed by atoms with van der Waals surface area (Å²) < 4.78 is 48.4. The van der Waals surface area contributed by atoms with Crippen LogP contribution in [-0.4, -0.2) is 92.2 Å². The number of nitrogens with one attached hydrogen (secondary N) is 3. The molecule has 2 aliphatic heterocycles. The van der Waals surface area contributed by atoms with Crippen LogP contribution in [-0.2, 0) is 14.8 Å². The summed E-state index contributed by atoms with van der Waals surface area (Å²) in [6, 6.07) is 18.7. The smallest absolute Gasteiger partial charge is 0.297 e. The number of halogens is 1. The summed E-state index contributed by atoms with van der Waals surface area (Å²) >= 11 is 6.25. The van der Waals surface area contributed by atoms with Gasteiger partial charge in [0, 0.05) is 80.3 Å². The van der Waals surface area contributed by atoms with Gasteiger partial charge in [-0.05, 0) is 91.5 Å². The van der Waals surface area contributed by atoms with Crippen molar-refractivity contribution in [2.45, 2.75) is 88.2 Å². The van der Waals surface area contributed by atoms with Crippen molar-refractivity contribution in [3.05, 3.63) is 111 Å². The summed E-state index contributed by atoms with van der Waals surface area (Å²) in [6.07, 6.45) is 12.0. The van der Waals surface area contributed by atoms with E-state index in [2.05, 4.69) is 55.8 Å². The maximum Gasteiger partial charge on any atom is 0.297 e. The lowest BCUT2D eigenvalue weighted by Crippen LogP contribution is -2.47. The molecule has 0 unspecified atom stereocenters. The number of piperazine rings is 1. The van der Waals surface area contributed by atoms with E-state index in [-0.39, 0.29) is 46.4 Å². The molecule has 2 aromatic heterocycles. The molecular weight excluding hydrogens is 882 g/mol. The third-order valence-corrected chi connectivity index (χ3v) is 15.3. The van der Waals surface area contributed by atoms with Crippen molar-refractivity contribution in [2.75, 3.05) is 56.7 Å². The van der Waals surface area contributed by atoms with E-state index in [1.54, 1.807) is 37.6 Å². The SMILES string of the molecule is COC1(C[C@H]2COc3cc(S(=O)(=O)NC(=O)c4ccc(N5CCN(CC6=C(c7ccc(Cl)cc7)CC(C)(C)CC6)CC5)cc4Oc4cnc5[nH]ccc5c4)cc([N+](=O)[O-])c3N2)CCCCC1. The van der Waals surface area contributed by atoms with Gasteiger partial charge in [0.25, 0.3) is 21.6 Å². The lowest BCUT2D eigenvalue weighted by molar-refractivity contribution is -0.384. The molecule has 15 nitrogen and oxygen atoms in total. The van der Waals surface area contributed by atoms with Gasteiger partial charge in [-0.25, -0.2) is 18.1 Å². The van der Waals surface area contributed by atoms with E-state index in [1.807, 2.05) is 18.2 Å². The zero-order valence-electron chi connectivity index (χ0n) is 37.5. The van der Waals surface area contributed by atoms with E-state index in [9.17, 15) is 23.3 Å². The van der Waals surface area contributed by atoms with Crippen molar-refractivity contribution in [3.63, 3.8) is 0 Å². The first kappa shape index (κ1) is 45.5. The van der Waals surface area contributed by atoms with Gasteiger partial charge in [-0.3, -0.25) is 19.8 Å². The van der Waals surface area contributed by atoms with Crippen molar-refractivity contribution >= 4 is 61.2 Å². The molecule has 2 fully saturated rings. The highest BCUT2D eigenvalue weighted by atomic mass is 35.5. The molecule has 1 amide bonds. The fourth-order valence-electron chi connectivity index (χ4n) is 10.0. The van der Waals surface area contributed by atoms with E-state index >= 15 is 0 Å². The lowest BCUT2D eigenvalue weighted by Gasteiger charge is -2.40. The largest absolute Gasteiger partial charge is 0.489 e. The number of H-pyrrole nitrogens is 1. The number of nitrogens with zero attached hydrogens (tertiary/aromatic N) is 4. The molecule has 1 atom stereocenters. The summed E-state index contributed by atoms with van der Waals surface area (Å²) in [5.74, 6) is -0.515. The van der Waals surface area contributed by atoms with Crippen LogP contribution in [0.15, 0.2) is 89.6 Å². The minimum Gasteiger partial charge on any atom is -0.489 e. The number of nitro groups is 1. The number of rotatable bonds is 13. The van der Waals surface area contributed by atoms with E-state index in [0.29, 0.717) is 30.9 Å². The predicted molar refractivity (Wildman–Crippen MR) is 255 cm³/mol. The Hall–Kier alpha value is -5.68. The van der Waals surface area contributed by atoms with Crippen LogP contribution < -0.4 is 24.4 Å². The van der Waals surface area contributed by atoms with Gasteiger partial charge in [0.1, 0.15) is 23.8 Å². The van der Waals surface area contributed by atoms with Crippen LogP contribution in [0.1, 0.15) is 87.6 Å². The van der Waals surface area contributed by atoms with Crippen LogP contribution in [0.3, 0.4) is 0 Å². The molecule has 1 saturated carbocycles. The summed E-state index contributed by atoms with van der Waals surface area (Å²) in [7, 11) is -2.97. The number of methoxy groups -OCH3 is 1. The Balaban J connectivity index is 0.939. The Labute approximate surface area is 390 Å². The standard InChI is InChI=1S/C49H56ClN7O8S/c1-48(2)17-13-34(41(28-48)32-7-9-35(50)10-8-32)30-55-19-21-56(22-20-55)37-11-12-40(43(24-37)65-38-23-33-14-18-51-46(33)52-29-38)47(58)54-66(61,62)39-25-42(57(59)60)45-44(26-39)64-31-36(53-45)27-49(63-3)15-5-4-6-16-49/h7-12,14,18,23-26,29,36,53H,4-6,13,15-17,19-22,27-28,30-31H2,1-3H3,(H,51,52)(H,54,58)/t36-/m0/s1. The second kappa shape index (κ2) is 18.5. The van der Waals surface area contributed by atoms with Crippen molar-refractivity contribution < 1.29 is 32.3 Å². The first-order valence-electron chi connectivity index (χ1n) is 22.7. The van der Waals surface area contributed by atoms with Gasteiger partial charge in [-0.2, -0.15) is 0 Å². The first-order chi connectivity index (χ1) is 31.7. The number of anilines is 2. The van der Waals surface area contributed by atoms with E-state index < -0.39 is 31.4 Å². The summed E-state index contributed by atoms with van der Waals surface area (Å²) in [4.78, 5) is 37.6. The average molecular weight is 939 g/mol. The van der Waals surface area contributed by atoms with Gasteiger partial charge in [-0.1, -0.05) is 62.4 Å². The molecule has 3 aromatic carbocycles. The lowest BCUT2D eigenvalue weighted by atomic mass is 9.72. The molecule has 0 spiro atoms. The van der Waals surface area contributed by atoms with Gasteiger partial charge in [0.15, 0.2) is 11.4 Å². The number of pyridine rings is 1. The number of fused-ring (bicyclic) bond motifs is 2. The van der Waals surface area contributed by atoms with Gasteiger partial charge in [0.05, 0.1) is 33.2 Å². The van der Waals surface area contributed by atoms with Gasteiger partial charge >= 0.3 is 0 Å². The van der Waals surface area contributed by atoms with Crippen LogP contribution in [0.25, 0.3) is 16.6 Å². The monoisotopic (exact) mass is 937 g/mol. The molecule has 5 aromatic rings. The molecule has 0 bridgehead atoms. The molecule has 1 saturated heterocycles. The molecule has 0 radical (unpaired) electrons. The minimum absolute atomic E-state index is 0.00548. The van der Waals surface area contributed by atoms with Crippen LogP contribution in [0.4, 0.5) is 17.1 Å². The molecule has 2 aliphatic carbocycles. The Morgan fingerprint density at radius 1 is 1.02 bits per heavy atom. The summed E-state index contributed by atoms with van der Waals surface area (Å²) in [5.41, 5.74) is 4.95. The number of allylic oxidation sites excluding steroid dienone is 1. The van der Waals surface area contributed by atoms with E-state index in [0.717, 1.165) is 93.2 Å². The van der Waals surface area contributed by atoms with Crippen molar-refractivity contribution in [2.24, 2.45) is 5.41 Å². The molecule has 17 heteroatoms. The van der Waals surface area contributed by atoms with Gasteiger partial charge in [0.2, 0.25) is 0 Å². The number of aromatic amines is 1. The molecular formula is C49H56ClN7O8S. The Kier molecular flexibility index (Phi) is 12.8. The van der Waals surface area contributed by atoms with Crippen molar-refractivity contribution in [1.29, 1.82) is 0 Å². The number of carbonyl (C=O) groups excluding carboxylic acids is 1. The Morgan fingerprint density at radius 2 is 1.79 bits per heavy atom. The number of sulfonamides is 1. The highest BCUT2D eigenvalue weighted by molar-refractivity contribution is 7.90. The molecule has 4 aliphatic rings. The number of hydrogen-bond donors (Lipinski definition) is 3. The number of nitro benzene ring substituents is 1. The fraction of sp³-hybridized carbons (Fsp3) is 0.429. The zero-order chi connectivity index (χ0) is 46.2. The predicted octanol–water partition coefficient (Wildman–Crippen LogP) is 9.73. The summed E-state index contributed by atoms with van der Waals surface area (Å²) in [6.45, 7) is 8.75. The molecule has 4 heterocycles. The number of aromatic nitrogens is 2. The van der Waals surface area contributed by atoms with E-state index in [1.165, 1.54) is 29.0 Å². The normalized spacial score (nSPS) is 19.7.